The van der Waals surface area contributed by atoms with Crippen LogP contribution in [0.3, 0.4) is 0 Å². The summed E-state index contributed by atoms with van der Waals surface area (Å²) >= 11 is 24.2. The van der Waals surface area contributed by atoms with Crippen LogP contribution in [0.2, 0.25) is 20.2 Å². The maximum Gasteiger partial charge on any atom is 0.309 e. The van der Waals surface area contributed by atoms with E-state index >= 15 is 0 Å². The van der Waals surface area contributed by atoms with E-state index < -0.39 is 5.97 Å². The second-order valence-corrected chi connectivity index (χ2v) is 5.56. The first-order valence-electron chi connectivity index (χ1n) is 5.40. The highest BCUT2D eigenvalue weighted by atomic mass is 35.5. The molecule has 0 atom stereocenters. The Morgan fingerprint density at radius 1 is 1.10 bits per heavy atom. The van der Waals surface area contributed by atoms with Gasteiger partial charge in [0.15, 0.2) is 0 Å². The van der Waals surface area contributed by atoms with Crippen LogP contribution in [0.15, 0.2) is 24.3 Å². The molecule has 0 saturated carbocycles. The molecule has 3 nitrogen and oxygen atoms in total. The van der Waals surface area contributed by atoms with Gasteiger partial charge in [-0.25, -0.2) is 4.98 Å². The molecular formula is C13H7Cl4NO2. The van der Waals surface area contributed by atoms with E-state index in [9.17, 15) is 4.79 Å². The number of aromatic nitrogens is 1. The zero-order valence-electron chi connectivity index (χ0n) is 9.83. The topological polar surface area (TPSA) is 50.2 Å². The number of hydrogen-bond acceptors (Lipinski definition) is 2. The maximum atomic E-state index is 10.6. The van der Waals surface area contributed by atoms with E-state index in [0.29, 0.717) is 31.9 Å². The number of nitrogens with zero attached hydrogens (tertiary/aromatic N) is 1. The molecule has 2 aromatic rings. The average molecular weight is 351 g/mol. The van der Waals surface area contributed by atoms with Crippen molar-refractivity contribution in [3.63, 3.8) is 0 Å². The Kier molecular flexibility index (Phi) is 4.76. The monoisotopic (exact) mass is 349 g/mol. The number of pyridine rings is 1. The van der Waals surface area contributed by atoms with Crippen LogP contribution in [0.1, 0.15) is 5.69 Å². The maximum absolute atomic E-state index is 10.6. The molecule has 1 heterocycles. The van der Waals surface area contributed by atoms with Crippen LogP contribution in [0.5, 0.6) is 0 Å². The number of rotatable bonds is 3. The Bertz CT molecular complexity index is 665. The highest BCUT2D eigenvalue weighted by molar-refractivity contribution is 6.43. The van der Waals surface area contributed by atoms with Crippen molar-refractivity contribution < 1.29 is 9.90 Å². The smallest absolute Gasteiger partial charge is 0.309 e. The summed E-state index contributed by atoms with van der Waals surface area (Å²) in [5.74, 6) is -0.983. The van der Waals surface area contributed by atoms with Gasteiger partial charge < -0.3 is 5.11 Å². The minimum absolute atomic E-state index is 0.134. The minimum atomic E-state index is -0.983. The van der Waals surface area contributed by atoms with E-state index in [0.717, 1.165) is 0 Å². The molecule has 7 heteroatoms. The summed E-state index contributed by atoms with van der Waals surface area (Å²) in [4.78, 5) is 14.7. The number of carboxylic acid groups (broad SMARTS) is 1. The number of carbonyl (C=O) groups is 1. The van der Waals surface area contributed by atoms with Crippen LogP contribution < -0.4 is 0 Å². The van der Waals surface area contributed by atoms with E-state index in [1.165, 1.54) is 0 Å². The molecule has 0 aliphatic carbocycles. The fourth-order valence-electron chi connectivity index (χ4n) is 1.71. The third-order valence-corrected chi connectivity index (χ3v) is 3.62. The summed E-state index contributed by atoms with van der Waals surface area (Å²) in [5, 5.41) is 9.96. The summed E-state index contributed by atoms with van der Waals surface area (Å²) in [7, 11) is 0. The van der Waals surface area contributed by atoms with E-state index in [2.05, 4.69) is 4.98 Å². The van der Waals surface area contributed by atoms with Gasteiger partial charge in [-0.05, 0) is 24.3 Å². The standard InChI is InChI=1S/C13H7Cl4NO2/c14-6-3-9(15)12(10(16)4-6)8-2-1-7(5-11(19)20)18-13(8)17/h1-4H,5H2,(H,19,20). The molecule has 0 unspecified atom stereocenters. The van der Waals surface area contributed by atoms with Crippen molar-refractivity contribution in [3.05, 3.63) is 50.2 Å². The summed E-state index contributed by atoms with van der Waals surface area (Å²) in [6, 6.07) is 6.29. The average Bonchev–Trinajstić information content (AvgIpc) is 2.29. The minimum Gasteiger partial charge on any atom is -0.481 e. The number of aliphatic carboxylic acids is 1. The Morgan fingerprint density at radius 2 is 1.70 bits per heavy atom. The highest BCUT2D eigenvalue weighted by Gasteiger charge is 2.15. The lowest BCUT2D eigenvalue weighted by Gasteiger charge is -2.10. The third kappa shape index (κ3) is 3.36. The van der Waals surface area contributed by atoms with Gasteiger partial charge in [0.2, 0.25) is 0 Å². The SMILES string of the molecule is O=C(O)Cc1ccc(-c2c(Cl)cc(Cl)cc2Cl)c(Cl)n1. The van der Waals surface area contributed by atoms with Gasteiger partial charge in [0, 0.05) is 16.1 Å². The molecule has 0 amide bonds. The summed E-state index contributed by atoms with van der Waals surface area (Å²) in [6.07, 6.45) is -0.206. The molecule has 2 rings (SSSR count). The lowest BCUT2D eigenvalue weighted by Crippen LogP contribution is -2.02. The number of hydrogen-bond donors (Lipinski definition) is 1. The first kappa shape index (κ1) is 15.4. The van der Waals surface area contributed by atoms with Crippen molar-refractivity contribution in [1.82, 2.24) is 4.98 Å². The molecule has 0 radical (unpaired) electrons. The molecular weight excluding hydrogens is 344 g/mol. The Labute approximate surface area is 135 Å². The molecule has 1 aromatic carbocycles. The predicted molar refractivity (Wildman–Crippen MR) is 81.1 cm³/mol. The van der Waals surface area contributed by atoms with Gasteiger partial charge in [0.05, 0.1) is 22.2 Å². The van der Waals surface area contributed by atoms with Crippen LogP contribution in [-0.2, 0) is 11.2 Å². The van der Waals surface area contributed by atoms with Gasteiger partial charge in [0.1, 0.15) is 5.15 Å². The number of carboxylic acids is 1. The summed E-state index contributed by atoms with van der Waals surface area (Å²) < 4.78 is 0. The van der Waals surface area contributed by atoms with Gasteiger partial charge in [-0.2, -0.15) is 0 Å². The summed E-state index contributed by atoms with van der Waals surface area (Å²) in [6.45, 7) is 0. The summed E-state index contributed by atoms with van der Waals surface area (Å²) in [5.41, 5.74) is 1.39. The van der Waals surface area contributed by atoms with Crippen molar-refractivity contribution in [2.24, 2.45) is 0 Å². The van der Waals surface area contributed by atoms with Crippen molar-refractivity contribution in [2.75, 3.05) is 0 Å². The number of benzene rings is 1. The second-order valence-electron chi connectivity index (χ2n) is 3.96. The molecule has 1 aromatic heterocycles. The van der Waals surface area contributed by atoms with E-state index in [-0.39, 0.29) is 11.6 Å². The van der Waals surface area contributed by atoms with Gasteiger partial charge in [0.25, 0.3) is 0 Å². The normalized spacial score (nSPS) is 10.6. The van der Waals surface area contributed by atoms with Crippen LogP contribution in [0.25, 0.3) is 11.1 Å². The molecule has 0 aliphatic heterocycles. The molecule has 0 fully saturated rings. The molecule has 0 aliphatic rings. The quantitative estimate of drug-likeness (QED) is 0.793. The molecule has 1 N–H and O–H groups in total. The highest BCUT2D eigenvalue weighted by Crippen LogP contribution is 2.39. The number of halogens is 4. The first-order chi connectivity index (χ1) is 9.38. The van der Waals surface area contributed by atoms with Gasteiger partial charge in [-0.3, -0.25) is 4.79 Å². The van der Waals surface area contributed by atoms with Crippen LogP contribution in [-0.4, -0.2) is 16.1 Å². The van der Waals surface area contributed by atoms with Crippen molar-refractivity contribution >= 4 is 52.4 Å². The zero-order valence-corrected chi connectivity index (χ0v) is 12.9. The Morgan fingerprint density at radius 3 is 2.20 bits per heavy atom. The van der Waals surface area contributed by atoms with E-state index in [1.807, 2.05) is 0 Å². The van der Waals surface area contributed by atoms with Crippen LogP contribution >= 0.6 is 46.4 Å². The van der Waals surface area contributed by atoms with Gasteiger partial charge >= 0.3 is 5.97 Å². The largest absolute Gasteiger partial charge is 0.481 e. The fraction of sp³-hybridized carbons (Fsp3) is 0.0769. The van der Waals surface area contributed by atoms with E-state index in [4.69, 9.17) is 51.5 Å². The van der Waals surface area contributed by atoms with Crippen LogP contribution in [0, 0.1) is 0 Å². The second kappa shape index (κ2) is 6.19. The van der Waals surface area contributed by atoms with E-state index in [1.54, 1.807) is 24.3 Å². The molecule has 104 valence electrons. The molecule has 0 spiro atoms. The first-order valence-corrected chi connectivity index (χ1v) is 6.92. The zero-order chi connectivity index (χ0) is 14.9. The van der Waals surface area contributed by atoms with Gasteiger partial charge in [-0.1, -0.05) is 46.4 Å². The van der Waals surface area contributed by atoms with Crippen molar-refractivity contribution in [3.8, 4) is 11.1 Å². The molecule has 0 saturated heterocycles. The van der Waals surface area contributed by atoms with Gasteiger partial charge in [-0.15, -0.1) is 0 Å². The van der Waals surface area contributed by atoms with Crippen molar-refractivity contribution in [2.45, 2.75) is 6.42 Å². The fourth-order valence-corrected chi connectivity index (χ4v) is 3.00. The molecule has 0 bridgehead atoms. The third-order valence-electron chi connectivity index (χ3n) is 2.51. The Balaban J connectivity index is 2.51. The predicted octanol–water partition coefficient (Wildman–Crippen LogP) is 4.99. The van der Waals surface area contributed by atoms with Crippen LogP contribution in [0.4, 0.5) is 0 Å². The lowest BCUT2D eigenvalue weighted by molar-refractivity contribution is -0.136. The Hall–Kier alpha value is -1.000. The molecule has 20 heavy (non-hydrogen) atoms. The lowest BCUT2D eigenvalue weighted by atomic mass is 10.1. The van der Waals surface area contributed by atoms with Crippen molar-refractivity contribution in [1.29, 1.82) is 0 Å².